The second-order valence-corrected chi connectivity index (χ2v) is 6.28. The van der Waals surface area contributed by atoms with E-state index in [1.165, 1.54) is 7.11 Å². The molecule has 0 aliphatic rings. The van der Waals surface area contributed by atoms with Crippen LogP contribution in [0.1, 0.15) is 6.92 Å². The number of sulfonamides is 1. The van der Waals surface area contributed by atoms with E-state index in [1.807, 2.05) is 22.6 Å². The lowest BCUT2D eigenvalue weighted by atomic mass is 10.4. The highest BCUT2D eigenvalue weighted by atomic mass is 127. The zero-order valence-electron chi connectivity index (χ0n) is 9.23. The summed E-state index contributed by atoms with van der Waals surface area (Å²) in [6.45, 7) is 2.45. The van der Waals surface area contributed by atoms with E-state index < -0.39 is 19.9 Å². The molecule has 0 fully saturated rings. The first-order valence-corrected chi connectivity index (χ1v) is 7.59. The summed E-state index contributed by atoms with van der Waals surface area (Å²) in [6, 6.07) is 0. The van der Waals surface area contributed by atoms with Crippen LogP contribution in [0.15, 0.2) is 0 Å². The van der Waals surface area contributed by atoms with Gasteiger partial charge in [-0.25, -0.2) is 13.1 Å². The van der Waals surface area contributed by atoms with Crippen LogP contribution in [-0.2, 0) is 24.3 Å². The number of hydrogen-bond acceptors (Lipinski definition) is 5. The number of hydrogen-bond donors (Lipinski definition) is 1. The van der Waals surface area contributed by atoms with Gasteiger partial charge >= 0.3 is 5.97 Å². The van der Waals surface area contributed by atoms with Crippen molar-refractivity contribution in [3.63, 3.8) is 0 Å². The average molecular weight is 365 g/mol. The predicted molar refractivity (Wildman–Crippen MR) is 68.1 cm³/mol. The van der Waals surface area contributed by atoms with Crippen LogP contribution in [0.2, 0.25) is 0 Å². The van der Waals surface area contributed by atoms with E-state index in [-0.39, 0.29) is 18.9 Å². The number of esters is 1. The number of nitrogens with one attached hydrogen (secondary N) is 1. The summed E-state index contributed by atoms with van der Waals surface area (Å²) in [7, 11) is -2.12. The van der Waals surface area contributed by atoms with Gasteiger partial charge in [-0.2, -0.15) is 0 Å². The summed E-state index contributed by atoms with van der Waals surface area (Å²) in [5, 5.41) is 0. The van der Waals surface area contributed by atoms with Crippen LogP contribution in [0.25, 0.3) is 0 Å². The lowest BCUT2D eigenvalue weighted by molar-refractivity contribution is -0.139. The number of halogens is 1. The largest absolute Gasteiger partial charge is 0.468 e. The van der Waals surface area contributed by atoms with E-state index in [4.69, 9.17) is 4.74 Å². The van der Waals surface area contributed by atoms with Gasteiger partial charge in [-0.1, -0.05) is 22.6 Å². The third-order valence-corrected chi connectivity index (χ3v) is 3.90. The topological polar surface area (TPSA) is 81.7 Å². The minimum Gasteiger partial charge on any atom is -0.468 e. The Bertz CT molecular complexity index is 306. The van der Waals surface area contributed by atoms with Crippen LogP contribution in [0.5, 0.6) is 0 Å². The molecule has 1 N–H and O–H groups in total. The van der Waals surface area contributed by atoms with Gasteiger partial charge < -0.3 is 9.47 Å². The van der Waals surface area contributed by atoms with Crippen LogP contribution in [0, 0.1) is 0 Å². The fraction of sp³-hybridized carbons (Fsp3) is 0.875. The van der Waals surface area contributed by atoms with Gasteiger partial charge in [0.25, 0.3) is 0 Å². The zero-order valence-corrected chi connectivity index (χ0v) is 12.2. The molecule has 96 valence electrons. The van der Waals surface area contributed by atoms with Gasteiger partial charge in [0.2, 0.25) is 10.0 Å². The minimum atomic E-state index is -3.38. The Morgan fingerprint density at radius 3 is 2.62 bits per heavy atom. The van der Waals surface area contributed by atoms with Gasteiger partial charge in [0.15, 0.2) is 0 Å². The summed E-state index contributed by atoms with van der Waals surface area (Å²) >= 11 is 1.82. The molecular formula is C8H16INO5S. The number of ether oxygens (including phenoxy) is 2. The lowest BCUT2D eigenvalue weighted by Gasteiger charge is -2.09. The zero-order chi connectivity index (χ0) is 12.6. The Morgan fingerprint density at radius 2 is 2.12 bits per heavy atom. The molecule has 1 atom stereocenters. The van der Waals surface area contributed by atoms with Crippen molar-refractivity contribution in [1.82, 2.24) is 4.72 Å². The van der Waals surface area contributed by atoms with Gasteiger partial charge in [-0.15, -0.1) is 0 Å². The maximum absolute atomic E-state index is 11.4. The maximum atomic E-state index is 11.4. The van der Waals surface area contributed by atoms with Crippen molar-refractivity contribution in [3.05, 3.63) is 0 Å². The van der Waals surface area contributed by atoms with Crippen molar-refractivity contribution >= 4 is 38.6 Å². The van der Waals surface area contributed by atoms with Crippen molar-refractivity contribution in [3.8, 4) is 0 Å². The van der Waals surface area contributed by atoms with E-state index in [0.29, 0.717) is 6.61 Å². The molecule has 0 spiro atoms. The smallest absolute Gasteiger partial charge is 0.319 e. The first-order chi connectivity index (χ1) is 7.43. The highest BCUT2D eigenvalue weighted by Gasteiger charge is 2.18. The Kier molecular flexibility index (Phi) is 8.24. The second-order valence-electron chi connectivity index (χ2n) is 2.85. The van der Waals surface area contributed by atoms with Gasteiger partial charge in [0, 0.05) is 13.2 Å². The third kappa shape index (κ3) is 7.36. The molecule has 0 saturated heterocycles. The van der Waals surface area contributed by atoms with E-state index in [2.05, 4.69) is 9.46 Å². The van der Waals surface area contributed by atoms with Crippen LogP contribution in [0.3, 0.4) is 0 Å². The average Bonchev–Trinajstić information content (AvgIpc) is 2.25. The highest BCUT2D eigenvalue weighted by molar-refractivity contribution is 14.1. The summed E-state index contributed by atoms with van der Waals surface area (Å²) in [4.78, 5) is 11.0. The first-order valence-electron chi connectivity index (χ1n) is 4.70. The standard InChI is InChI=1S/C8H16INO5S/c1-3-15-4-5-16(12,13)10-6-7(9)8(11)14-2/h7,10H,3-6H2,1-2H3. The molecule has 0 aromatic carbocycles. The predicted octanol–water partition coefficient (Wildman–Crippen LogP) is -0.0811. The molecule has 0 rings (SSSR count). The molecule has 8 heteroatoms. The maximum Gasteiger partial charge on any atom is 0.319 e. The Labute approximate surface area is 109 Å². The molecule has 0 heterocycles. The van der Waals surface area contributed by atoms with Crippen molar-refractivity contribution in [2.45, 2.75) is 10.8 Å². The summed E-state index contributed by atoms with van der Waals surface area (Å²) in [5.74, 6) is -0.557. The van der Waals surface area contributed by atoms with Gasteiger partial charge in [-0.3, -0.25) is 4.79 Å². The summed E-state index contributed by atoms with van der Waals surface area (Å²) < 4.78 is 33.9. The van der Waals surface area contributed by atoms with Crippen LogP contribution >= 0.6 is 22.6 Å². The molecule has 6 nitrogen and oxygen atoms in total. The molecule has 0 radical (unpaired) electrons. The van der Waals surface area contributed by atoms with E-state index in [9.17, 15) is 13.2 Å². The summed E-state index contributed by atoms with van der Waals surface area (Å²) in [6.07, 6.45) is 0. The second kappa shape index (κ2) is 8.20. The van der Waals surface area contributed by atoms with Gasteiger partial charge in [0.1, 0.15) is 3.92 Å². The number of carbonyl (C=O) groups is 1. The van der Waals surface area contributed by atoms with Crippen LogP contribution in [-0.4, -0.2) is 50.9 Å². The van der Waals surface area contributed by atoms with E-state index in [0.717, 1.165) is 0 Å². The Morgan fingerprint density at radius 1 is 1.50 bits per heavy atom. The van der Waals surface area contributed by atoms with E-state index in [1.54, 1.807) is 6.92 Å². The van der Waals surface area contributed by atoms with Crippen LogP contribution < -0.4 is 4.72 Å². The molecule has 0 aromatic heterocycles. The number of alkyl halides is 1. The SMILES string of the molecule is CCOCCS(=O)(=O)NCC(I)C(=O)OC. The number of carbonyl (C=O) groups excluding carboxylic acids is 1. The summed E-state index contributed by atoms with van der Waals surface area (Å²) in [5.41, 5.74) is 0. The van der Waals surface area contributed by atoms with Gasteiger partial charge in [-0.05, 0) is 6.92 Å². The normalized spacial score (nSPS) is 13.4. The molecule has 0 aromatic rings. The Hall–Kier alpha value is 0.0700. The number of rotatable bonds is 8. The van der Waals surface area contributed by atoms with Crippen LogP contribution in [0.4, 0.5) is 0 Å². The monoisotopic (exact) mass is 365 g/mol. The van der Waals surface area contributed by atoms with Crippen molar-refractivity contribution < 1.29 is 22.7 Å². The lowest BCUT2D eigenvalue weighted by Crippen LogP contribution is -2.36. The van der Waals surface area contributed by atoms with Crippen molar-refractivity contribution in [2.24, 2.45) is 0 Å². The minimum absolute atomic E-state index is 0.0295. The molecule has 0 aliphatic carbocycles. The van der Waals surface area contributed by atoms with Gasteiger partial charge in [0.05, 0.1) is 19.5 Å². The number of methoxy groups -OCH3 is 1. The molecule has 0 bridgehead atoms. The molecule has 0 aliphatic heterocycles. The van der Waals surface area contributed by atoms with Crippen molar-refractivity contribution in [1.29, 1.82) is 0 Å². The molecule has 0 amide bonds. The molecule has 1 unspecified atom stereocenters. The Balaban J connectivity index is 3.94. The van der Waals surface area contributed by atoms with E-state index >= 15 is 0 Å². The van der Waals surface area contributed by atoms with Crippen molar-refractivity contribution in [2.75, 3.05) is 32.6 Å². The molecule has 16 heavy (non-hydrogen) atoms. The quantitative estimate of drug-likeness (QED) is 0.282. The molecular weight excluding hydrogens is 349 g/mol. The fourth-order valence-electron chi connectivity index (χ4n) is 0.796. The third-order valence-electron chi connectivity index (χ3n) is 1.64. The fourth-order valence-corrected chi connectivity index (χ4v) is 2.47. The first kappa shape index (κ1) is 16.1. The molecule has 0 saturated carbocycles. The highest BCUT2D eigenvalue weighted by Crippen LogP contribution is 2.01.